The predicted molar refractivity (Wildman–Crippen MR) is 58.9 cm³/mol. The lowest BCUT2D eigenvalue weighted by molar-refractivity contribution is 0.271. The van der Waals surface area contributed by atoms with Crippen molar-refractivity contribution in [2.24, 2.45) is 10.9 Å². The average Bonchev–Trinajstić information content (AvgIpc) is 2.51. The first kappa shape index (κ1) is 11.0. The van der Waals surface area contributed by atoms with Gasteiger partial charge in [0.05, 0.1) is 6.21 Å². The Labute approximate surface area is 85.3 Å². The van der Waals surface area contributed by atoms with E-state index in [2.05, 4.69) is 9.99 Å². The Morgan fingerprint density at radius 2 is 1.86 bits per heavy atom. The Morgan fingerprint density at radius 3 is 2.50 bits per heavy atom. The van der Waals surface area contributed by atoms with Gasteiger partial charge in [-0.15, -0.1) is 0 Å². The molecule has 2 aliphatic rings. The molecule has 0 amide bonds. The molecule has 2 rings (SSSR count). The minimum absolute atomic E-state index is 0.536. The summed E-state index contributed by atoms with van der Waals surface area (Å²) < 4.78 is 0. The largest absolute Gasteiger partial charge is 0.365 e. The standard InChI is InChI=1S/C6H13N.C5H5NO/c7-6-4-2-1-3-5-6;1-2-4-6-7-5-3-1/h6H,1-5,7H2;1-5H. The van der Waals surface area contributed by atoms with E-state index in [-0.39, 0.29) is 0 Å². The van der Waals surface area contributed by atoms with Crippen molar-refractivity contribution in [1.82, 2.24) is 0 Å². The third-order valence-corrected chi connectivity index (χ3v) is 2.22. The van der Waals surface area contributed by atoms with Crippen LogP contribution in [0.4, 0.5) is 0 Å². The van der Waals surface area contributed by atoms with E-state index in [0.29, 0.717) is 6.04 Å². The normalized spacial score (nSPS) is 20.6. The molecule has 0 aromatic carbocycles. The number of nitrogens with zero attached hydrogens (tertiary/aromatic N) is 1. The number of nitrogens with two attached hydrogens (primary N) is 1. The van der Waals surface area contributed by atoms with Crippen LogP contribution < -0.4 is 5.73 Å². The third-order valence-electron chi connectivity index (χ3n) is 2.22. The van der Waals surface area contributed by atoms with Gasteiger partial charge in [-0.2, -0.15) is 0 Å². The molecule has 14 heavy (non-hydrogen) atoms. The first-order chi connectivity index (χ1) is 6.89. The number of hydrogen-bond donors (Lipinski definition) is 1. The van der Waals surface area contributed by atoms with Crippen LogP contribution in [0.5, 0.6) is 0 Å². The fraction of sp³-hybridized carbons (Fsp3) is 0.545. The molecule has 0 spiro atoms. The van der Waals surface area contributed by atoms with E-state index in [0.717, 1.165) is 0 Å². The van der Waals surface area contributed by atoms with Crippen molar-refractivity contribution in [3.05, 3.63) is 24.5 Å². The third kappa shape index (κ3) is 5.54. The minimum Gasteiger partial charge on any atom is -0.365 e. The summed E-state index contributed by atoms with van der Waals surface area (Å²) in [6, 6.07) is 0.536. The van der Waals surface area contributed by atoms with E-state index in [1.165, 1.54) is 38.4 Å². The van der Waals surface area contributed by atoms with Crippen molar-refractivity contribution >= 4 is 6.21 Å². The molecule has 0 bridgehead atoms. The van der Waals surface area contributed by atoms with Crippen LogP contribution in [-0.2, 0) is 4.84 Å². The summed E-state index contributed by atoms with van der Waals surface area (Å²) in [6.45, 7) is 0. The van der Waals surface area contributed by atoms with Crippen molar-refractivity contribution in [3.63, 3.8) is 0 Å². The van der Waals surface area contributed by atoms with Crippen LogP contribution in [0.25, 0.3) is 0 Å². The summed E-state index contributed by atoms with van der Waals surface area (Å²) in [5.41, 5.74) is 5.63. The van der Waals surface area contributed by atoms with Gasteiger partial charge >= 0.3 is 0 Å². The molecule has 1 heterocycles. The molecular formula is C11H18N2O. The summed E-state index contributed by atoms with van der Waals surface area (Å²) in [6.07, 6.45) is 15.2. The van der Waals surface area contributed by atoms with Gasteiger partial charge in [0.2, 0.25) is 0 Å². The van der Waals surface area contributed by atoms with E-state index in [9.17, 15) is 0 Å². The van der Waals surface area contributed by atoms with E-state index >= 15 is 0 Å². The molecule has 1 aliphatic carbocycles. The lowest BCUT2D eigenvalue weighted by atomic mass is 9.97. The Morgan fingerprint density at radius 1 is 1.07 bits per heavy atom. The van der Waals surface area contributed by atoms with Gasteiger partial charge in [0.25, 0.3) is 0 Å². The van der Waals surface area contributed by atoms with Crippen LogP contribution in [0.15, 0.2) is 29.6 Å². The van der Waals surface area contributed by atoms with Gasteiger partial charge in [-0.25, -0.2) is 0 Å². The minimum atomic E-state index is 0.536. The van der Waals surface area contributed by atoms with Crippen molar-refractivity contribution in [2.75, 3.05) is 0 Å². The molecule has 0 aromatic rings. The lowest BCUT2D eigenvalue weighted by Crippen LogP contribution is -2.22. The molecule has 0 atom stereocenters. The molecule has 0 aromatic heterocycles. The Kier molecular flexibility index (Phi) is 5.75. The highest BCUT2D eigenvalue weighted by Gasteiger charge is 2.06. The maximum atomic E-state index is 5.63. The van der Waals surface area contributed by atoms with Crippen molar-refractivity contribution in [1.29, 1.82) is 0 Å². The van der Waals surface area contributed by atoms with Crippen molar-refractivity contribution < 1.29 is 4.84 Å². The summed E-state index contributed by atoms with van der Waals surface area (Å²) in [5.74, 6) is 0. The van der Waals surface area contributed by atoms with Crippen LogP contribution in [-0.4, -0.2) is 12.3 Å². The fourth-order valence-electron chi connectivity index (χ4n) is 1.43. The Balaban J connectivity index is 0.000000140. The topological polar surface area (TPSA) is 47.6 Å². The molecule has 3 heteroatoms. The monoisotopic (exact) mass is 194 g/mol. The molecule has 0 saturated heterocycles. The Bertz CT molecular complexity index is 201. The number of oxime groups is 1. The second kappa shape index (κ2) is 7.33. The van der Waals surface area contributed by atoms with E-state index < -0.39 is 0 Å². The first-order valence-corrected chi connectivity index (χ1v) is 5.16. The highest BCUT2D eigenvalue weighted by molar-refractivity contribution is 5.71. The van der Waals surface area contributed by atoms with Crippen LogP contribution in [0.2, 0.25) is 0 Å². The number of rotatable bonds is 0. The average molecular weight is 194 g/mol. The quantitative estimate of drug-likeness (QED) is 0.643. The van der Waals surface area contributed by atoms with Gasteiger partial charge in [-0.05, 0) is 25.0 Å². The SMILES string of the molecule is C1=CC=NOC=C1.NC1CCCCC1. The van der Waals surface area contributed by atoms with Gasteiger partial charge in [-0.3, -0.25) is 0 Å². The van der Waals surface area contributed by atoms with Crippen LogP contribution in [0, 0.1) is 0 Å². The highest BCUT2D eigenvalue weighted by atomic mass is 16.6. The zero-order valence-electron chi connectivity index (χ0n) is 8.43. The summed E-state index contributed by atoms with van der Waals surface area (Å²) in [4.78, 5) is 4.52. The van der Waals surface area contributed by atoms with E-state index in [4.69, 9.17) is 5.73 Å². The maximum Gasteiger partial charge on any atom is 0.122 e. The first-order valence-electron chi connectivity index (χ1n) is 5.16. The predicted octanol–water partition coefficient (Wildman–Crippen LogP) is 2.35. The molecule has 1 aliphatic heterocycles. The van der Waals surface area contributed by atoms with Gasteiger partial charge in [0.1, 0.15) is 6.26 Å². The van der Waals surface area contributed by atoms with Crippen molar-refractivity contribution in [2.45, 2.75) is 38.1 Å². The zero-order valence-corrected chi connectivity index (χ0v) is 8.43. The van der Waals surface area contributed by atoms with Gasteiger partial charge in [-0.1, -0.05) is 30.5 Å². The van der Waals surface area contributed by atoms with Gasteiger partial charge in [0, 0.05) is 6.04 Å². The lowest BCUT2D eigenvalue weighted by Gasteiger charge is -2.15. The zero-order chi connectivity index (χ0) is 10.1. The van der Waals surface area contributed by atoms with Crippen LogP contribution in [0.1, 0.15) is 32.1 Å². The molecule has 1 fully saturated rings. The molecule has 1 saturated carbocycles. The number of allylic oxidation sites excluding steroid dienone is 3. The highest BCUT2D eigenvalue weighted by Crippen LogP contribution is 2.14. The molecule has 0 unspecified atom stereocenters. The van der Waals surface area contributed by atoms with Crippen LogP contribution >= 0.6 is 0 Å². The molecule has 0 radical (unpaired) electrons. The summed E-state index contributed by atoms with van der Waals surface area (Å²) in [7, 11) is 0. The van der Waals surface area contributed by atoms with Crippen molar-refractivity contribution in [3.8, 4) is 0 Å². The Hall–Kier alpha value is -1.09. The summed E-state index contributed by atoms with van der Waals surface area (Å²) >= 11 is 0. The maximum absolute atomic E-state index is 5.63. The molecular weight excluding hydrogens is 176 g/mol. The molecule has 78 valence electrons. The fourth-order valence-corrected chi connectivity index (χ4v) is 1.43. The van der Waals surface area contributed by atoms with Crippen LogP contribution in [0.3, 0.4) is 0 Å². The smallest absolute Gasteiger partial charge is 0.122 e. The van der Waals surface area contributed by atoms with E-state index in [1.807, 2.05) is 6.08 Å². The van der Waals surface area contributed by atoms with E-state index in [1.54, 1.807) is 18.4 Å². The summed E-state index contributed by atoms with van der Waals surface area (Å²) in [5, 5.41) is 3.47. The molecule has 2 N–H and O–H groups in total. The second-order valence-corrected chi connectivity index (χ2v) is 3.47. The second-order valence-electron chi connectivity index (χ2n) is 3.47. The van der Waals surface area contributed by atoms with Gasteiger partial charge in [0.15, 0.2) is 0 Å². The number of hydrogen-bond acceptors (Lipinski definition) is 3. The van der Waals surface area contributed by atoms with Gasteiger partial charge < -0.3 is 10.6 Å². The molecule has 3 nitrogen and oxygen atoms in total.